The molecule has 0 spiro atoms. The first kappa shape index (κ1) is 9.83. The molecular formula is C11H14N4. The molecule has 4 heteroatoms. The minimum atomic E-state index is 0.105. The Labute approximate surface area is 88.8 Å². The summed E-state index contributed by atoms with van der Waals surface area (Å²) in [6, 6.07) is 4.09. The average molecular weight is 202 g/mol. The molecule has 0 aromatic carbocycles. The summed E-state index contributed by atoms with van der Waals surface area (Å²) < 4.78 is 0. The van der Waals surface area contributed by atoms with Crippen molar-refractivity contribution in [3.63, 3.8) is 0 Å². The number of nitrogens with zero attached hydrogens (tertiary/aromatic N) is 2. The predicted molar refractivity (Wildman–Crippen MR) is 60.2 cm³/mol. The summed E-state index contributed by atoms with van der Waals surface area (Å²) in [6.07, 6.45) is 6.45. The summed E-state index contributed by atoms with van der Waals surface area (Å²) in [5.74, 6) is 0.105. The second-order valence-corrected chi connectivity index (χ2v) is 3.68. The van der Waals surface area contributed by atoms with Gasteiger partial charge in [-0.15, -0.1) is 0 Å². The molecule has 0 aliphatic carbocycles. The molecule has 1 aliphatic rings. The lowest BCUT2D eigenvalue weighted by molar-refractivity contribution is 0.599. The Hall–Kier alpha value is -1.71. The van der Waals surface area contributed by atoms with Crippen LogP contribution in [0.25, 0.3) is 0 Å². The standard InChI is InChI=1S/C11H14N4/c12-11(13)10-3-1-2-9(15-10)8-4-6-14-7-5-8/h4-7,9H,1-3H2,(H3,12,13). The molecule has 1 unspecified atom stereocenters. The van der Waals surface area contributed by atoms with E-state index in [1.54, 1.807) is 12.4 Å². The second-order valence-electron chi connectivity index (χ2n) is 3.68. The quantitative estimate of drug-likeness (QED) is 0.565. The highest BCUT2D eigenvalue weighted by Crippen LogP contribution is 2.27. The van der Waals surface area contributed by atoms with Gasteiger partial charge in [-0.1, -0.05) is 0 Å². The van der Waals surface area contributed by atoms with Crippen LogP contribution >= 0.6 is 0 Å². The second kappa shape index (κ2) is 4.21. The molecular weight excluding hydrogens is 188 g/mol. The number of hydrogen-bond acceptors (Lipinski definition) is 3. The number of aromatic nitrogens is 1. The van der Waals surface area contributed by atoms with E-state index in [2.05, 4.69) is 9.98 Å². The van der Waals surface area contributed by atoms with Crippen LogP contribution < -0.4 is 5.73 Å². The van der Waals surface area contributed by atoms with Crippen LogP contribution in [0.3, 0.4) is 0 Å². The molecule has 15 heavy (non-hydrogen) atoms. The van der Waals surface area contributed by atoms with Gasteiger partial charge in [-0.05, 0) is 37.0 Å². The summed E-state index contributed by atoms with van der Waals surface area (Å²) in [6.45, 7) is 0. The molecule has 0 saturated heterocycles. The van der Waals surface area contributed by atoms with Crippen molar-refractivity contribution in [3.8, 4) is 0 Å². The Balaban J connectivity index is 2.24. The maximum absolute atomic E-state index is 7.38. The highest BCUT2D eigenvalue weighted by atomic mass is 14.9. The number of rotatable bonds is 2. The SMILES string of the molecule is N=C(N)C1=NC(c2ccncc2)CCC1. The molecule has 1 atom stereocenters. The molecule has 2 rings (SSSR count). The van der Waals surface area contributed by atoms with Gasteiger partial charge in [0.1, 0.15) is 5.84 Å². The molecule has 78 valence electrons. The third-order valence-corrected chi connectivity index (χ3v) is 2.60. The van der Waals surface area contributed by atoms with Gasteiger partial charge in [0.15, 0.2) is 0 Å². The summed E-state index contributed by atoms with van der Waals surface area (Å²) in [5.41, 5.74) is 7.34. The molecule has 0 amide bonds. The maximum Gasteiger partial charge on any atom is 0.137 e. The number of hydrogen-bond donors (Lipinski definition) is 2. The molecule has 3 N–H and O–H groups in total. The van der Waals surface area contributed by atoms with E-state index in [4.69, 9.17) is 11.1 Å². The van der Waals surface area contributed by atoms with Crippen molar-refractivity contribution < 1.29 is 0 Å². The Bertz CT molecular complexity index is 383. The van der Waals surface area contributed by atoms with Gasteiger partial charge in [0.25, 0.3) is 0 Å². The van der Waals surface area contributed by atoms with Gasteiger partial charge in [0.05, 0.1) is 11.8 Å². The van der Waals surface area contributed by atoms with Gasteiger partial charge in [-0.2, -0.15) is 0 Å². The zero-order valence-electron chi connectivity index (χ0n) is 8.48. The monoisotopic (exact) mass is 202 g/mol. The third-order valence-electron chi connectivity index (χ3n) is 2.60. The number of amidine groups is 1. The van der Waals surface area contributed by atoms with E-state index in [1.807, 2.05) is 12.1 Å². The topological polar surface area (TPSA) is 75.1 Å². The van der Waals surface area contributed by atoms with E-state index in [9.17, 15) is 0 Å². The highest BCUT2D eigenvalue weighted by Gasteiger charge is 2.17. The maximum atomic E-state index is 7.38. The van der Waals surface area contributed by atoms with E-state index in [0.717, 1.165) is 30.5 Å². The number of nitrogens with two attached hydrogens (primary N) is 1. The first-order chi connectivity index (χ1) is 7.27. The molecule has 1 aromatic rings. The van der Waals surface area contributed by atoms with E-state index in [-0.39, 0.29) is 11.9 Å². The lowest BCUT2D eigenvalue weighted by Gasteiger charge is -2.19. The summed E-state index contributed by atoms with van der Waals surface area (Å²) >= 11 is 0. The lowest BCUT2D eigenvalue weighted by Crippen LogP contribution is -2.25. The average Bonchev–Trinajstić information content (AvgIpc) is 2.30. The van der Waals surface area contributed by atoms with Crippen molar-refractivity contribution in [2.75, 3.05) is 0 Å². The van der Waals surface area contributed by atoms with Crippen molar-refractivity contribution in [2.24, 2.45) is 10.7 Å². The minimum Gasteiger partial charge on any atom is -0.383 e. The fourth-order valence-corrected chi connectivity index (χ4v) is 1.81. The van der Waals surface area contributed by atoms with Crippen LogP contribution in [0.1, 0.15) is 30.9 Å². The van der Waals surface area contributed by atoms with Crippen molar-refractivity contribution in [1.29, 1.82) is 5.41 Å². The summed E-state index contributed by atoms with van der Waals surface area (Å²) in [7, 11) is 0. The van der Waals surface area contributed by atoms with Crippen LogP contribution in [0.15, 0.2) is 29.5 Å². The van der Waals surface area contributed by atoms with Crippen molar-refractivity contribution in [1.82, 2.24) is 4.98 Å². The predicted octanol–water partition coefficient (Wildman–Crippen LogP) is 1.68. The van der Waals surface area contributed by atoms with Crippen LogP contribution in [0.4, 0.5) is 0 Å². The summed E-state index contributed by atoms with van der Waals surface area (Å²) in [5, 5.41) is 7.38. The molecule has 0 saturated carbocycles. The highest BCUT2D eigenvalue weighted by molar-refractivity contribution is 6.39. The van der Waals surface area contributed by atoms with E-state index < -0.39 is 0 Å². The van der Waals surface area contributed by atoms with Gasteiger partial charge in [-0.25, -0.2) is 0 Å². The smallest absolute Gasteiger partial charge is 0.137 e. The van der Waals surface area contributed by atoms with Gasteiger partial charge in [0, 0.05) is 12.4 Å². The normalized spacial score (nSPS) is 20.8. The summed E-state index contributed by atoms with van der Waals surface area (Å²) in [4.78, 5) is 8.47. The molecule has 2 heterocycles. The first-order valence-electron chi connectivity index (χ1n) is 5.08. The fraction of sp³-hybridized carbons (Fsp3) is 0.364. The van der Waals surface area contributed by atoms with Gasteiger partial charge >= 0.3 is 0 Å². The zero-order valence-corrected chi connectivity index (χ0v) is 8.48. The zero-order chi connectivity index (χ0) is 10.7. The van der Waals surface area contributed by atoms with Gasteiger partial charge in [0.2, 0.25) is 0 Å². The lowest BCUT2D eigenvalue weighted by atomic mass is 9.97. The van der Waals surface area contributed by atoms with Crippen LogP contribution in [-0.2, 0) is 0 Å². The largest absolute Gasteiger partial charge is 0.383 e. The van der Waals surface area contributed by atoms with Gasteiger partial charge < -0.3 is 5.73 Å². The molecule has 0 bridgehead atoms. The molecule has 0 fully saturated rings. The Morgan fingerprint density at radius 2 is 2.13 bits per heavy atom. The Kier molecular flexibility index (Phi) is 2.76. The van der Waals surface area contributed by atoms with Crippen molar-refractivity contribution in [3.05, 3.63) is 30.1 Å². The molecule has 0 radical (unpaired) electrons. The Morgan fingerprint density at radius 1 is 1.40 bits per heavy atom. The minimum absolute atomic E-state index is 0.105. The third kappa shape index (κ3) is 2.21. The number of aliphatic imine (C=N–C) groups is 1. The van der Waals surface area contributed by atoms with Crippen molar-refractivity contribution in [2.45, 2.75) is 25.3 Å². The van der Waals surface area contributed by atoms with E-state index in [1.165, 1.54) is 0 Å². The Morgan fingerprint density at radius 3 is 2.80 bits per heavy atom. The van der Waals surface area contributed by atoms with Crippen LogP contribution in [0.5, 0.6) is 0 Å². The first-order valence-corrected chi connectivity index (χ1v) is 5.08. The molecule has 1 aliphatic heterocycles. The number of pyridine rings is 1. The van der Waals surface area contributed by atoms with Crippen molar-refractivity contribution >= 4 is 11.5 Å². The molecule has 4 nitrogen and oxygen atoms in total. The van der Waals surface area contributed by atoms with E-state index in [0.29, 0.717) is 0 Å². The van der Waals surface area contributed by atoms with E-state index >= 15 is 0 Å². The molecule has 1 aromatic heterocycles. The van der Waals surface area contributed by atoms with Crippen LogP contribution in [0, 0.1) is 5.41 Å². The van der Waals surface area contributed by atoms with Crippen LogP contribution in [-0.4, -0.2) is 16.5 Å². The van der Waals surface area contributed by atoms with Crippen LogP contribution in [0.2, 0.25) is 0 Å². The van der Waals surface area contributed by atoms with Gasteiger partial charge in [-0.3, -0.25) is 15.4 Å². The fourth-order valence-electron chi connectivity index (χ4n) is 1.81. The number of nitrogens with one attached hydrogen (secondary N) is 1.